The summed E-state index contributed by atoms with van der Waals surface area (Å²) in [5.41, 5.74) is 0. The molecule has 0 amide bonds. The molecule has 4 unspecified atom stereocenters. The Kier molecular flexibility index (Phi) is 5.27. The molecule has 0 aromatic carbocycles. The van der Waals surface area contributed by atoms with Gasteiger partial charge in [-0.3, -0.25) is 4.90 Å². The minimum Gasteiger partial charge on any atom is -0.311 e. The first-order valence-electron chi connectivity index (χ1n) is 9.69. The molecule has 2 saturated heterocycles. The number of hydrogen-bond donors (Lipinski definition) is 1. The fourth-order valence-corrected chi connectivity index (χ4v) is 5.33. The van der Waals surface area contributed by atoms with Gasteiger partial charge in [0.15, 0.2) is 0 Å². The van der Waals surface area contributed by atoms with E-state index in [9.17, 15) is 0 Å². The van der Waals surface area contributed by atoms with E-state index < -0.39 is 0 Å². The van der Waals surface area contributed by atoms with Crippen LogP contribution in [0.3, 0.4) is 0 Å². The van der Waals surface area contributed by atoms with Gasteiger partial charge in [0.2, 0.25) is 0 Å². The normalized spacial score (nSPS) is 40.1. The summed E-state index contributed by atoms with van der Waals surface area (Å²) in [6.45, 7) is 8.56. The maximum Gasteiger partial charge on any atom is 0.0128 e. The topological polar surface area (TPSA) is 15.3 Å². The van der Waals surface area contributed by atoms with E-state index in [0.29, 0.717) is 0 Å². The van der Waals surface area contributed by atoms with Crippen molar-refractivity contribution in [3.8, 4) is 0 Å². The highest BCUT2D eigenvalue weighted by atomic mass is 15.2. The van der Waals surface area contributed by atoms with Gasteiger partial charge in [-0.2, -0.15) is 0 Å². The highest BCUT2D eigenvalue weighted by Gasteiger charge is 2.39. The van der Waals surface area contributed by atoms with Crippen molar-refractivity contribution in [1.29, 1.82) is 0 Å². The van der Waals surface area contributed by atoms with Crippen molar-refractivity contribution >= 4 is 0 Å². The molecule has 21 heavy (non-hydrogen) atoms. The van der Waals surface area contributed by atoms with Gasteiger partial charge in [0.25, 0.3) is 0 Å². The number of nitrogens with zero attached hydrogens (tertiary/aromatic N) is 1. The molecule has 4 atom stereocenters. The Morgan fingerprint density at radius 3 is 2.29 bits per heavy atom. The zero-order valence-corrected chi connectivity index (χ0v) is 14.5. The second-order valence-electron chi connectivity index (χ2n) is 8.33. The summed E-state index contributed by atoms with van der Waals surface area (Å²) in [6, 6.07) is 3.42. The largest absolute Gasteiger partial charge is 0.311 e. The van der Waals surface area contributed by atoms with Crippen LogP contribution in [0.25, 0.3) is 0 Å². The molecule has 0 aromatic rings. The van der Waals surface area contributed by atoms with Crippen molar-refractivity contribution in [2.45, 2.75) is 103 Å². The lowest BCUT2D eigenvalue weighted by molar-refractivity contribution is 0.0519. The molecule has 0 spiro atoms. The molecule has 2 heteroatoms. The molecule has 2 aliphatic heterocycles. The highest BCUT2D eigenvalue weighted by molar-refractivity contribution is 4.97. The Hall–Kier alpha value is -0.0800. The second-order valence-corrected chi connectivity index (χ2v) is 8.33. The van der Waals surface area contributed by atoms with Gasteiger partial charge in [-0.1, -0.05) is 33.6 Å². The standard InChI is InChI=1S/C19H36N2/c1-4-10-21(18-7-5-6-15(11-18)14(2)3)19-12-16-8-9-17(13-19)20-16/h14-20H,4-13H2,1-3H3. The first kappa shape index (κ1) is 15.8. The number of piperidine rings is 1. The van der Waals surface area contributed by atoms with Crippen molar-refractivity contribution in [1.82, 2.24) is 10.2 Å². The monoisotopic (exact) mass is 292 g/mol. The molecule has 2 bridgehead atoms. The van der Waals surface area contributed by atoms with E-state index in [-0.39, 0.29) is 0 Å². The lowest BCUT2D eigenvalue weighted by Crippen LogP contribution is -2.53. The van der Waals surface area contributed by atoms with E-state index in [2.05, 4.69) is 31.0 Å². The van der Waals surface area contributed by atoms with Crippen LogP contribution in [0, 0.1) is 11.8 Å². The van der Waals surface area contributed by atoms with Gasteiger partial charge in [-0.05, 0) is 63.3 Å². The molecular formula is C19H36N2. The molecule has 122 valence electrons. The quantitative estimate of drug-likeness (QED) is 0.817. The van der Waals surface area contributed by atoms with Gasteiger partial charge >= 0.3 is 0 Å². The molecular weight excluding hydrogens is 256 g/mol. The molecule has 3 fully saturated rings. The minimum absolute atomic E-state index is 0.831. The fourth-order valence-electron chi connectivity index (χ4n) is 5.33. The van der Waals surface area contributed by atoms with Crippen LogP contribution in [0.5, 0.6) is 0 Å². The number of fused-ring (bicyclic) bond motifs is 2. The van der Waals surface area contributed by atoms with Crippen molar-refractivity contribution < 1.29 is 0 Å². The summed E-state index contributed by atoms with van der Waals surface area (Å²) in [5.74, 6) is 1.85. The molecule has 1 saturated carbocycles. The summed E-state index contributed by atoms with van der Waals surface area (Å²) < 4.78 is 0. The van der Waals surface area contributed by atoms with E-state index in [4.69, 9.17) is 0 Å². The SMILES string of the molecule is CCCN(C1CC2CCC(C1)N2)C1CCCC(C(C)C)C1. The van der Waals surface area contributed by atoms with Gasteiger partial charge in [-0.15, -0.1) is 0 Å². The van der Waals surface area contributed by atoms with Crippen LogP contribution in [0.2, 0.25) is 0 Å². The Balaban J connectivity index is 1.65. The summed E-state index contributed by atoms with van der Waals surface area (Å²) in [4.78, 5) is 2.96. The second kappa shape index (κ2) is 7.00. The maximum atomic E-state index is 3.82. The average molecular weight is 293 g/mol. The maximum absolute atomic E-state index is 3.82. The van der Waals surface area contributed by atoms with Crippen LogP contribution in [-0.2, 0) is 0 Å². The molecule has 2 nitrogen and oxygen atoms in total. The van der Waals surface area contributed by atoms with E-state index in [1.807, 2.05) is 0 Å². The van der Waals surface area contributed by atoms with Crippen LogP contribution >= 0.6 is 0 Å². The average Bonchev–Trinajstić information content (AvgIpc) is 2.83. The number of rotatable bonds is 5. The molecule has 1 N–H and O–H groups in total. The lowest BCUT2D eigenvalue weighted by Gasteiger charge is -2.45. The van der Waals surface area contributed by atoms with Gasteiger partial charge in [0, 0.05) is 24.2 Å². The van der Waals surface area contributed by atoms with Crippen molar-refractivity contribution in [2.75, 3.05) is 6.54 Å². The van der Waals surface area contributed by atoms with Crippen molar-refractivity contribution in [3.05, 3.63) is 0 Å². The zero-order chi connectivity index (χ0) is 14.8. The van der Waals surface area contributed by atoms with E-state index in [1.54, 1.807) is 0 Å². The number of hydrogen-bond acceptors (Lipinski definition) is 2. The smallest absolute Gasteiger partial charge is 0.0128 e. The fraction of sp³-hybridized carbons (Fsp3) is 1.00. The van der Waals surface area contributed by atoms with Crippen LogP contribution < -0.4 is 5.32 Å². The molecule has 0 radical (unpaired) electrons. The van der Waals surface area contributed by atoms with Gasteiger partial charge in [0.1, 0.15) is 0 Å². The van der Waals surface area contributed by atoms with E-state index in [1.165, 1.54) is 64.3 Å². The van der Waals surface area contributed by atoms with Crippen molar-refractivity contribution in [2.24, 2.45) is 11.8 Å². The highest BCUT2D eigenvalue weighted by Crippen LogP contribution is 2.37. The number of nitrogens with one attached hydrogen (secondary N) is 1. The molecule has 0 aromatic heterocycles. The minimum atomic E-state index is 0.831. The van der Waals surface area contributed by atoms with Crippen LogP contribution in [0.1, 0.15) is 78.6 Å². The van der Waals surface area contributed by atoms with Crippen LogP contribution in [0.15, 0.2) is 0 Å². The Bertz CT molecular complexity index is 316. The van der Waals surface area contributed by atoms with Crippen LogP contribution in [0.4, 0.5) is 0 Å². The Labute approximate surface area is 132 Å². The van der Waals surface area contributed by atoms with E-state index >= 15 is 0 Å². The lowest BCUT2D eigenvalue weighted by atomic mass is 9.78. The molecule has 3 aliphatic rings. The Morgan fingerprint density at radius 2 is 1.67 bits per heavy atom. The predicted octanol–water partition coefficient (Wildman–Crippen LogP) is 4.20. The molecule has 3 rings (SSSR count). The summed E-state index contributed by atoms with van der Waals surface area (Å²) in [6.07, 6.45) is 12.9. The van der Waals surface area contributed by atoms with Crippen molar-refractivity contribution in [3.63, 3.8) is 0 Å². The summed E-state index contributed by atoms with van der Waals surface area (Å²) in [5, 5.41) is 3.82. The third-order valence-electron chi connectivity index (χ3n) is 6.50. The molecule has 1 aliphatic carbocycles. The van der Waals surface area contributed by atoms with Gasteiger partial charge < -0.3 is 5.32 Å². The Morgan fingerprint density at radius 1 is 0.952 bits per heavy atom. The molecule has 2 heterocycles. The van der Waals surface area contributed by atoms with E-state index in [0.717, 1.165) is 36.0 Å². The third-order valence-corrected chi connectivity index (χ3v) is 6.50. The third kappa shape index (κ3) is 3.64. The summed E-state index contributed by atoms with van der Waals surface area (Å²) >= 11 is 0. The first-order chi connectivity index (χ1) is 10.2. The van der Waals surface area contributed by atoms with Gasteiger partial charge in [0.05, 0.1) is 0 Å². The van der Waals surface area contributed by atoms with Crippen LogP contribution in [-0.4, -0.2) is 35.6 Å². The summed E-state index contributed by atoms with van der Waals surface area (Å²) in [7, 11) is 0. The van der Waals surface area contributed by atoms with Gasteiger partial charge in [-0.25, -0.2) is 0 Å². The zero-order valence-electron chi connectivity index (χ0n) is 14.5. The predicted molar refractivity (Wildman–Crippen MR) is 90.5 cm³/mol. The first-order valence-corrected chi connectivity index (χ1v) is 9.69.